The van der Waals surface area contributed by atoms with Crippen LogP contribution in [0.25, 0.3) is 0 Å². The van der Waals surface area contributed by atoms with Crippen LogP contribution in [0, 0.1) is 20.2 Å². The average molecular weight is 412 g/mol. The third-order valence-corrected chi connectivity index (χ3v) is 4.59. The Kier molecular flexibility index (Phi) is 6.25. The molecule has 2 aromatic carbocycles. The van der Waals surface area contributed by atoms with Gasteiger partial charge in [-0.1, -0.05) is 10.4 Å². The van der Waals surface area contributed by atoms with Crippen LogP contribution >= 0.6 is 0 Å². The van der Waals surface area contributed by atoms with Gasteiger partial charge in [0.05, 0.1) is 46.4 Å². The Labute approximate surface area is 171 Å². The van der Waals surface area contributed by atoms with Gasteiger partial charge >= 0.3 is 0 Å². The van der Waals surface area contributed by atoms with Gasteiger partial charge in [-0.15, -0.1) is 10.2 Å². The van der Waals surface area contributed by atoms with E-state index < -0.39 is 9.85 Å². The van der Waals surface area contributed by atoms with Gasteiger partial charge < -0.3 is 0 Å². The first-order valence-corrected chi connectivity index (χ1v) is 9.19. The van der Waals surface area contributed by atoms with Gasteiger partial charge in [0.2, 0.25) is 0 Å². The Morgan fingerprint density at radius 1 is 0.733 bits per heavy atom. The summed E-state index contributed by atoms with van der Waals surface area (Å²) in [4.78, 5) is 20.5. The largest absolute Gasteiger partial charge is 0.272 e. The van der Waals surface area contributed by atoms with Gasteiger partial charge in [-0.2, -0.15) is 0 Å². The third-order valence-electron chi connectivity index (χ3n) is 4.59. The quantitative estimate of drug-likeness (QED) is 0.385. The van der Waals surface area contributed by atoms with Crippen LogP contribution in [0.4, 0.5) is 22.7 Å². The molecular formula is C18H20N8O4. The summed E-state index contributed by atoms with van der Waals surface area (Å²) in [7, 11) is 0. The zero-order valence-electron chi connectivity index (χ0n) is 16.4. The summed E-state index contributed by atoms with van der Waals surface area (Å²) >= 11 is 0. The first-order valence-electron chi connectivity index (χ1n) is 9.19. The molecular weight excluding hydrogens is 392 g/mol. The predicted octanol–water partition coefficient (Wildman–Crippen LogP) is 4.60. The van der Waals surface area contributed by atoms with E-state index in [1.165, 1.54) is 24.3 Å². The van der Waals surface area contributed by atoms with E-state index in [1.807, 2.05) is 23.9 Å². The molecule has 0 aromatic heterocycles. The van der Waals surface area contributed by atoms with Gasteiger partial charge in [-0.05, 0) is 38.1 Å². The van der Waals surface area contributed by atoms with Gasteiger partial charge in [0.15, 0.2) is 0 Å². The fourth-order valence-electron chi connectivity index (χ4n) is 2.84. The van der Waals surface area contributed by atoms with Crippen molar-refractivity contribution in [1.82, 2.24) is 10.0 Å². The molecule has 1 aliphatic rings. The van der Waals surface area contributed by atoms with Gasteiger partial charge in [0, 0.05) is 24.3 Å². The molecule has 0 aliphatic carbocycles. The molecule has 12 nitrogen and oxygen atoms in total. The molecule has 0 amide bonds. The monoisotopic (exact) mass is 412 g/mol. The predicted molar refractivity (Wildman–Crippen MR) is 108 cm³/mol. The lowest BCUT2D eigenvalue weighted by Crippen LogP contribution is -2.52. The second-order valence-electron chi connectivity index (χ2n) is 6.87. The van der Waals surface area contributed by atoms with Crippen LogP contribution in [-0.4, -0.2) is 45.0 Å². The maximum atomic E-state index is 10.7. The van der Waals surface area contributed by atoms with Gasteiger partial charge in [0.25, 0.3) is 11.4 Å². The van der Waals surface area contributed by atoms with Gasteiger partial charge in [-0.25, -0.2) is 0 Å². The van der Waals surface area contributed by atoms with Crippen molar-refractivity contribution in [2.24, 2.45) is 20.7 Å². The summed E-state index contributed by atoms with van der Waals surface area (Å²) in [6.07, 6.45) is 0. The van der Waals surface area contributed by atoms with E-state index in [4.69, 9.17) is 0 Å². The maximum absolute atomic E-state index is 10.7. The van der Waals surface area contributed by atoms with Gasteiger partial charge in [-0.3, -0.25) is 30.2 Å². The summed E-state index contributed by atoms with van der Waals surface area (Å²) in [5.41, 5.74) is 1.06. The lowest BCUT2D eigenvalue weighted by atomic mass is 10.2. The molecule has 2 aromatic rings. The molecule has 1 saturated heterocycles. The van der Waals surface area contributed by atoms with Crippen LogP contribution in [0.2, 0.25) is 0 Å². The molecule has 30 heavy (non-hydrogen) atoms. The highest BCUT2D eigenvalue weighted by Gasteiger charge is 2.28. The van der Waals surface area contributed by atoms with Crippen LogP contribution < -0.4 is 0 Å². The van der Waals surface area contributed by atoms with Crippen molar-refractivity contribution in [3.05, 3.63) is 68.8 Å². The molecule has 0 saturated carbocycles. The van der Waals surface area contributed by atoms with E-state index in [0.29, 0.717) is 24.5 Å². The molecule has 0 radical (unpaired) electrons. The molecule has 0 unspecified atom stereocenters. The van der Waals surface area contributed by atoms with Crippen LogP contribution in [-0.2, 0) is 0 Å². The second-order valence-corrected chi connectivity index (χ2v) is 6.87. The van der Waals surface area contributed by atoms with Crippen molar-refractivity contribution in [2.75, 3.05) is 13.1 Å². The van der Waals surface area contributed by atoms with Crippen molar-refractivity contribution in [3.63, 3.8) is 0 Å². The lowest BCUT2D eigenvalue weighted by Gasteiger charge is -2.39. The summed E-state index contributed by atoms with van der Waals surface area (Å²) in [5.74, 6) is 0. The summed E-state index contributed by atoms with van der Waals surface area (Å²) < 4.78 is 0. The maximum Gasteiger partial charge on any atom is 0.269 e. The molecule has 12 heteroatoms. The lowest BCUT2D eigenvalue weighted by molar-refractivity contribution is -0.385. The number of non-ortho nitro benzene ring substituents is 2. The number of hydrogen-bond donors (Lipinski definition) is 0. The Balaban J connectivity index is 1.60. The van der Waals surface area contributed by atoms with Crippen LogP contribution in [0.3, 0.4) is 0 Å². The van der Waals surface area contributed by atoms with Crippen molar-refractivity contribution in [3.8, 4) is 0 Å². The highest BCUT2D eigenvalue weighted by atomic mass is 16.6. The molecule has 0 spiro atoms. The first kappa shape index (κ1) is 20.8. The highest BCUT2D eigenvalue weighted by Crippen LogP contribution is 2.23. The molecule has 0 N–H and O–H groups in total. The number of nitrogens with zero attached hydrogens (tertiary/aromatic N) is 8. The Bertz CT molecular complexity index is 882. The van der Waals surface area contributed by atoms with E-state index in [-0.39, 0.29) is 23.5 Å². The summed E-state index contributed by atoms with van der Waals surface area (Å²) in [5, 5.41) is 41.9. The van der Waals surface area contributed by atoms with E-state index in [9.17, 15) is 20.2 Å². The molecule has 2 atom stereocenters. The number of hydrogen-bond acceptors (Lipinski definition) is 8. The van der Waals surface area contributed by atoms with Crippen LogP contribution in [0.1, 0.15) is 13.8 Å². The number of piperazine rings is 1. The fraction of sp³-hybridized carbons (Fsp3) is 0.333. The zero-order chi connectivity index (χ0) is 21.7. The average Bonchev–Trinajstić information content (AvgIpc) is 2.73. The summed E-state index contributed by atoms with van der Waals surface area (Å²) in [6.45, 7) is 5.10. The molecule has 156 valence electrons. The Morgan fingerprint density at radius 2 is 1.07 bits per heavy atom. The number of benzene rings is 2. The molecule has 1 aliphatic heterocycles. The topological polar surface area (TPSA) is 142 Å². The molecule has 0 bridgehead atoms. The Hall–Kier alpha value is -3.96. The minimum atomic E-state index is -0.463. The third kappa shape index (κ3) is 5.10. The van der Waals surface area contributed by atoms with Crippen molar-refractivity contribution >= 4 is 22.7 Å². The molecule has 1 fully saturated rings. The first-order chi connectivity index (χ1) is 14.3. The molecule has 3 rings (SSSR count). The smallest absolute Gasteiger partial charge is 0.269 e. The van der Waals surface area contributed by atoms with E-state index in [0.717, 1.165) is 0 Å². The summed E-state index contributed by atoms with van der Waals surface area (Å²) in [6, 6.07) is 11.8. The number of rotatable bonds is 6. The minimum absolute atomic E-state index is 0.00272. The number of nitro groups is 2. The Morgan fingerprint density at radius 3 is 1.37 bits per heavy atom. The minimum Gasteiger partial charge on any atom is -0.272 e. The normalized spacial score (nSPS) is 19.5. The zero-order valence-corrected chi connectivity index (χ0v) is 16.4. The van der Waals surface area contributed by atoms with Crippen molar-refractivity contribution < 1.29 is 9.85 Å². The standard InChI is InChI=1S/C18H20N8O4/c1-13-11-24(22-20-16-5-9-18(10-6-16)26(29)30)14(2)12-23(13)21-19-15-3-7-17(8-4-15)25(27)28/h3-10,13-14H,11-12H2,1-2H3/t13-,14+. The van der Waals surface area contributed by atoms with E-state index >= 15 is 0 Å². The highest BCUT2D eigenvalue weighted by molar-refractivity contribution is 5.44. The van der Waals surface area contributed by atoms with E-state index in [1.54, 1.807) is 24.3 Å². The van der Waals surface area contributed by atoms with Gasteiger partial charge in [0.1, 0.15) is 0 Å². The van der Waals surface area contributed by atoms with Crippen LogP contribution in [0.15, 0.2) is 69.2 Å². The molecule has 1 heterocycles. The van der Waals surface area contributed by atoms with Crippen molar-refractivity contribution in [2.45, 2.75) is 25.9 Å². The van der Waals surface area contributed by atoms with Crippen LogP contribution in [0.5, 0.6) is 0 Å². The van der Waals surface area contributed by atoms with E-state index in [2.05, 4.69) is 20.7 Å². The number of nitro benzene ring substituents is 2. The fourth-order valence-corrected chi connectivity index (χ4v) is 2.84. The van der Waals surface area contributed by atoms with Crippen molar-refractivity contribution in [1.29, 1.82) is 0 Å². The SMILES string of the molecule is C[C@@H]1CN(N=Nc2ccc([N+](=O)[O-])cc2)[C@@H](C)CN1N=Nc1ccc([N+](=O)[O-])cc1. The second kappa shape index (κ2) is 9.03.